The van der Waals surface area contributed by atoms with Crippen LogP contribution in [0.4, 0.5) is 17.1 Å². The summed E-state index contributed by atoms with van der Waals surface area (Å²) in [6, 6.07) is 17.4. The third-order valence-corrected chi connectivity index (χ3v) is 9.48. The molecule has 0 aliphatic heterocycles. The number of rotatable bonds is 6. The average molecular weight is 646 g/mol. The first kappa shape index (κ1) is 29.9. The first-order valence-electron chi connectivity index (χ1n) is 13.2. The number of nitrogens with one attached hydrogen (secondary N) is 1. The average Bonchev–Trinajstić information content (AvgIpc) is 2.96. The van der Waals surface area contributed by atoms with Crippen molar-refractivity contribution in [3.05, 3.63) is 111 Å². The zero-order valence-electron chi connectivity index (χ0n) is 23.5. The molecule has 6 rings (SSSR count). The van der Waals surface area contributed by atoms with Gasteiger partial charge < -0.3 is 15.6 Å². The van der Waals surface area contributed by atoms with Gasteiger partial charge >= 0.3 is 0 Å². The van der Waals surface area contributed by atoms with Gasteiger partial charge in [0.25, 0.3) is 25.8 Å². The van der Waals surface area contributed by atoms with Crippen LogP contribution in [-0.4, -0.2) is 42.1 Å². The highest BCUT2D eigenvalue weighted by atomic mass is 32.2. The molecule has 0 fully saturated rings. The van der Waals surface area contributed by atoms with E-state index < -0.39 is 58.5 Å². The van der Waals surface area contributed by atoms with Crippen LogP contribution in [0.3, 0.4) is 0 Å². The molecule has 0 unspecified atom stereocenters. The van der Waals surface area contributed by atoms with Gasteiger partial charge in [-0.3, -0.25) is 23.5 Å². The minimum atomic E-state index is -5.10. The molecule has 4 aromatic carbocycles. The fourth-order valence-corrected chi connectivity index (χ4v) is 7.03. The molecule has 12 nitrogen and oxygen atoms in total. The normalized spacial score (nSPS) is 12.7. The highest BCUT2D eigenvalue weighted by Crippen LogP contribution is 2.44. The van der Waals surface area contributed by atoms with Crippen LogP contribution in [0.1, 0.15) is 37.4 Å². The molecule has 0 saturated heterocycles. The number of anilines is 3. The minimum absolute atomic E-state index is 0.000220. The molecule has 45 heavy (non-hydrogen) atoms. The number of carbonyl (C=O) groups is 2. The van der Waals surface area contributed by atoms with Gasteiger partial charge in [-0.25, -0.2) is 0 Å². The van der Waals surface area contributed by atoms with Gasteiger partial charge in [0.2, 0.25) is 0 Å². The molecule has 1 aliphatic rings. The van der Waals surface area contributed by atoms with Crippen LogP contribution in [-0.2, 0) is 27.3 Å². The summed E-state index contributed by atoms with van der Waals surface area (Å²) in [5.74, 6) is -1.08. The number of nitrogens with two attached hydrogens (primary N) is 1. The van der Waals surface area contributed by atoms with E-state index in [0.717, 1.165) is 11.6 Å². The maximum absolute atomic E-state index is 14.1. The molecule has 0 saturated carbocycles. The molecule has 0 amide bonds. The van der Waals surface area contributed by atoms with Crippen molar-refractivity contribution in [2.45, 2.75) is 16.7 Å². The fourth-order valence-electron chi connectivity index (χ4n) is 5.68. The summed E-state index contributed by atoms with van der Waals surface area (Å²) in [7, 11) is -8.63. The molecule has 0 atom stereocenters. The lowest BCUT2D eigenvalue weighted by atomic mass is 9.80. The Morgan fingerprint density at radius 2 is 1.47 bits per heavy atom. The lowest BCUT2D eigenvalue weighted by molar-refractivity contribution is 0.102. The topological polar surface area (TPSA) is 203 Å². The van der Waals surface area contributed by atoms with E-state index in [0.29, 0.717) is 17.1 Å². The standard InChI is InChI=1S/C31H23N3O9S2/c1-15-6-5-7-16(12-15)29(35)28-25-17-8-3-4-9-18(17)30(36)26-20(10-11-22(27(25)26)34(2)31(28)37)33-21-13-19(32)23(44(38,39)40)14-24(21)45(41,42)43/h3-14,33H,32H2,1-2H3,(H,38,39,40)(H,41,42,43). The Kier molecular flexibility index (Phi) is 6.78. The number of nitrogens with zero attached hydrogens (tertiary/aromatic N) is 1. The van der Waals surface area contributed by atoms with E-state index in [1.165, 1.54) is 29.8 Å². The van der Waals surface area contributed by atoms with Crippen molar-refractivity contribution in [3.8, 4) is 11.1 Å². The van der Waals surface area contributed by atoms with Gasteiger partial charge in [0.15, 0.2) is 11.6 Å². The van der Waals surface area contributed by atoms with Crippen LogP contribution in [0.25, 0.3) is 22.0 Å². The summed E-state index contributed by atoms with van der Waals surface area (Å²) in [5, 5.41) is 3.00. The van der Waals surface area contributed by atoms with E-state index >= 15 is 0 Å². The van der Waals surface area contributed by atoms with E-state index in [4.69, 9.17) is 5.73 Å². The second-order valence-electron chi connectivity index (χ2n) is 10.5. The third kappa shape index (κ3) is 4.80. The highest BCUT2D eigenvalue weighted by Gasteiger charge is 2.34. The number of pyridine rings is 1. The van der Waals surface area contributed by atoms with Crippen molar-refractivity contribution in [2.24, 2.45) is 7.05 Å². The summed E-state index contributed by atoms with van der Waals surface area (Å²) in [5.41, 5.74) is 6.17. The molecule has 1 aliphatic carbocycles. The smallest absolute Gasteiger partial charge is 0.296 e. The van der Waals surface area contributed by atoms with E-state index in [2.05, 4.69) is 5.32 Å². The van der Waals surface area contributed by atoms with Crippen molar-refractivity contribution < 1.29 is 35.5 Å². The summed E-state index contributed by atoms with van der Waals surface area (Å²) < 4.78 is 68.9. The van der Waals surface area contributed by atoms with Gasteiger partial charge in [-0.05, 0) is 42.8 Å². The van der Waals surface area contributed by atoms with Crippen molar-refractivity contribution >= 4 is 59.8 Å². The first-order valence-corrected chi connectivity index (χ1v) is 16.1. The monoisotopic (exact) mass is 645 g/mol. The van der Waals surface area contributed by atoms with Crippen molar-refractivity contribution in [2.75, 3.05) is 11.1 Å². The van der Waals surface area contributed by atoms with E-state index in [1.807, 2.05) is 0 Å². The van der Waals surface area contributed by atoms with Crippen LogP contribution in [0.15, 0.2) is 87.4 Å². The molecule has 14 heteroatoms. The maximum atomic E-state index is 14.1. The number of benzene rings is 4. The predicted octanol–water partition coefficient (Wildman–Crippen LogP) is 4.11. The number of fused-ring (bicyclic) bond motifs is 2. The Balaban J connectivity index is 1.70. The number of aromatic nitrogens is 1. The van der Waals surface area contributed by atoms with E-state index in [1.54, 1.807) is 49.4 Å². The Bertz CT molecular complexity index is 2450. The molecule has 0 bridgehead atoms. The predicted molar refractivity (Wildman–Crippen MR) is 166 cm³/mol. The van der Waals surface area contributed by atoms with Gasteiger partial charge in [0.05, 0.1) is 33.7 Å². The van der Waals surface area contributed by atoms with E-state index in [-0.39, 0.29) is 38.9 Å². The molecule has 5 N–H and O–H groups in total. The number of ketones is 2. The summed E-state index contributed by atoms with van der Waals surface area (Å²) in [6.45, 7) is 1.80. The number of aryl methyl sites for hydroxylation is 2. The van der Waals surface area contributed by atoms with Crippen LogP contribution in [0, 0.1) is 6.92 Å². The van der Waals surface area contributed by atoms with Gasteiger partial charge in [-0.2, -0.15) is 16.8 Å². The second kappa shape index (κ2) is 10.2. The van der Waals surface area contributed by atoms with Crippen LogP contribution in [0.5, 0.6) is 0 Å². The zero-order chi connectivity index (χ0) is 32.6. The summed E-state index contributed by atoms with van der Waals surface area (Å²) in [6.07, 6.45) is 0. The van der Waals surface area contributed by atoms with Gasteiger partial charge in [-0.1, -0.05) is 48.0 Å². The molecule has 1 heterocycles. The molecule has 0 spiro atoms. The van der Waals surface area contributed by atoms with Crippen LogP contribution >= 0.6 is 0 Å². The second-order valence-corrected chi connectivity index (χ2v) is 13.3. The van der Waals surface area contributed by atoms with Crippen molar-refractivity contribution in [3.63, 3.8) is 0 Å². The largest absolute Gasteiger partial charge is 0.398 e. The zero-order valence-corrected chi connectivity index (χ0v) is 25.2. The Hall–Kier alpha value is -5.15. The Morgan fingerprint density at radius 1 is 0.800 bits per heavy atom. The maximum Gasteiger partial charge on any atom is 0.296 e. The van der Waals surface area contributed by atoms with Crippen molar-refractivity contribution in [1.82, 2.24) is 4.57 Å². The number of carbonyl (C=O) groups excluding carboxylic acids is 2. The number of hydrogen-bond donors (Lipinski definition) is 4. The van der Waals surface area contributed by atoms with Crippen LogP contribution < -0.4 is 16.6 Å². The number of nitrogen functional groups attached to an aromatic ring is 1. The number of hydrogen-bond acceptors (Lipinski definition) is 9. The molecular formula is C31H23N3O9S2. The van der Waals surface area contributed by atoms with E-state index in [9.17, 15) is 40.3 Å². The van der Waals surface area contributed by atoms with Gasteiger partial charge in [-0.15, -0.1) is 0 Å². The van der Waals surface area contributed by atoms with Crippen molar-refractivity contribution in [1.29, 1.82) is 0 Å². The van der Waals surface area contributed by atoms with Gasteiger partial charge in [0, 0.05) is 29.1 Å². The van der Waals surface area contributed by atoms with Gasteiger partial charge in [0.1, 0.15) is 9.79 Å². The lowest BCUT2D eigenvalue weighted by Crippen LogP contribution is -2.29. The van der Waals surface area contributed by atoms with Crippen LogP contribution in [0.2, 0.25) is 0 Å². The molecule has 5 aromatic rings. The molecule has 0 radical (unpaired) electrons. The summed E-state index contributed by atoms with van der Waals surface area (Å²) in [4.78, 5) is 40.1. The quantitative estimate of drug-likeness (QED) is 0.115. The minimum Gasteiger partial charge on any atom is -0.398 e. The molecular weight excluding hydrogens is 622 g/mol. The third-order valence-electron chi connectivity index (χ3n) is 7.68. The summed E-state index contributed by atoms with van der Waals surface area (Å²) >= 11 is 0. The fraction of sp³-hybridized carbons (Fsp3) is 0.0645. The molecule has 1 aromatic heterocycles. The SMILES string of the molecule is Cc1cccc(C(=O)c2c3c4c(c(Nc5cc(N)c(S(=O)(=O)O)cc5S(=O)(=O)O)ccc4n(C)c2=O)C(=O)c2ccccc2-3)c1. The Labute approximate surface area is 256 Å². The lowest BCUT2D eigenvalue weighted by Gasteiger charge is -2.26. The Morgan fingerprint density at radius 3 is 2.11 bits per heavy atom. The molecule has 228 valence electrons. The first-order chi connectivity index (χ1) is 21.1. The highest BCUT2D eigenvalue weighted by molar-refractivity contribution is 7.86.